The smallest absolute Gasteiger partial charge is 0.250 e. The Balaban J connectivity index is 0.00000182. The molecule has 0 radical (unpaired) electrons. The predicted octanol–water partition coefficient (Wildman–Crippen LogP) is 2.84. The summed E-state index contributed by atoms with van der Waals surface area (Å²) in [6.45, 7) is 0.379. The summed E-state index contributed by atoms with van der Waals surface area (Å²) < 4.78 is 1.63. The van der Waals surface area contributed by atoms with Crippen LogP contribution in [0.15, 0.2) is 65.7 Å². The number of aromatic amines is 1. The predicted molar refractivity (Wildman–Crippen MR) is 101 cm³/mol. The number of fused-ring (bicyclic) bond motifs is 1. The zero-order valence-corrected chi connectivity index (χ0v) is 14.0. The quantitative estimate of drug-likeness (QED) is 0.592. The fourth-order valence-electron chi connectivity index (χ4n) is 2.70. The fraction of sp³-hybridized carbons (Fsp3) is 0.0556. The molecule has 0 saturated heterocycles. The summed E-state index contributed by atoms with van der Waals surface area (Å²) in [4.78, 5) is 16.4. The maximum Gasteiger partial charge on any atom is 0.250 e. The van der Waals surface area contributed by atoms with Crippen LogP contribution >= 0.6 is 12.4 Å². The summed E-state index contributed by atoms with van der Waals surface area (Å²) >= 11 is 0. The van der Waals surface area contributed by atoms with Gasteiger partial charge in [0.15, 0.2) is 0 Å². The van der Waals surface area contributed by atoms with E-state index in [1.165, 1.54) is 0 Å². The second-order valence-electron chi connectivity index (χ2n) is 5.61. The molecular formula is C18H16ClN5O. The number of hydrogen-bond acceptors (Lipinski definition) is 4. The summed E-state index contributed by atoms with van der Waals surface area (Å²) in [5, 5.41) is 8.04. The van der Waals surface area contributed by atoms with Gasteiger partial charge >= 0.3 is 0 Å². The maximum absolute atomic E-state index is 12.2. The number of rotatable bonds is 3. The van der Waals surface area contributed by atoms with Crippen LogP contribution in [0, 0.1) is 0 Å². The highest BCUT2D eigenvalue weighted by Crippen LogP contribution is 2.22. The average Bonchev–Trinajstić information content (AvgIpc) is 3.04. The van der Waals surface area contributed by atoms with Crippen LogP contribution in [0.1, 0.15) is 5.69 Å². The molecule has 0 aliphatic rings. The van der Waals surface area contributed by atoms with Crippen LogP contribution in [-0.2, 0) is 6.54 Å². The van der Waals surface area contributed by atoms with Crippen molar-refractivity contribution in [3.8, 4) is 11.1 Å². The number of hydrogen-bond donors (Lipinski definition) is 2. The minimum Gasteiger partial charge on any atom is -0.384 e. The molecule has 0 atom stereocenters. The standard InChI is InChI=1S/C18H15N5O.ClH/c19-17-3-1-2-15(21-17)11-23-10-14(6-7-18(23)24)12-4-5-13-9-20-22-16(13)8-12;/h1-10H,11H2,(H2,19,21)(H,20,22);1H. The van der Waals surface area contributed by atoms with Gasteiger partial charge in [0.2, 0.25) is 0 Å². The molecule has 4 rings (SSSR count). The molecule has 126 valence electrons. The molecule has 0 aliphatic carbocycles. The number of anilines is 1. The molecule has 0 saturated carbocycles. The van der Waals surface area contributed by atoms with Gasteiger partial charge in [0, 0.05) is 17.6 Å². The zero-order chi connectivity index (χ0) is 16.5. The van der Waals surface area contributed by atoms with Gasteiger partial charge in [-0.05, 0) is 35.4 Å². The first kappa shape index (κ1) is 16.7. The topological polar surface area (TPSA) is 89.6 Å². The van der Waals surface area contributed by atoms with Crippen molar-refractivity contribution in [2.24, 2.45) is 0 Å². The highest BCUT2D eigenvalue weighted by atomic mass is 35.5. The van der Waals surface area contributed by atoms with E-state index in [1.807, 2.05) is 42.6 Å². The van der Waals surface area contributed by atoms with Crippen LogP contribution in [-0.4, -0.2) is 19.7 Å². The number of nitrogen functional groups attached to an aromatic ring is 1. The Morgan fingerprint density at radius 3 is 2.76 bits per heavy atom. The number of pyridine rings is 2. The molecule has 0 spiro atoms. The Labute approximate surface area is 149 Å². The zero-order valence-electron chi connectivity index (χ0n) is 13.2. The van der Waals surface area contributed by atoms with E-state index < -0.39 is 0 Å². The molecule has 0 fully saturated rings. The van der Waals surface area contributed by atoms with E-state index in [2.05, 4.69) is 15.2 Å². The van der Waals surface area contributed by atoms with E-state index in [1.54, 1.807) is 22.9 Å². The first-order valence-electron chi connectivity index (χ1n) is 7.54. The fourth-order valence-corrected chi connectivity index (χ4v) is 2.70. The largest absolute Gasteiger partial charge is 0.384 e. The second-order valence-corrected chi connectivity index (χ2v) is 5.61. The molecule has 6 nitrogen and oxygen atoms in total. The number of H-pyrrole nitrogens is 1. The molecule has 1 aromatic carbocycles. The highest BCUT2D eigenvalue weighted by Gasteiger charge is 2.05. The Hall–Kier alpha value is -3.12. The lowest BCUT2D eigenvalue weighted by Crippen LogP contribution is -2.19. The van der Waals surface area contributed by atoms with Crippen LogP contribution < -0.4 is 11.3 Å². The van der Waals surface area contributed by atoms with Gasteiger partial charge in [-0.15, -0.1) is 12.4 Å². The third-order valence-electron chi connectivity index (χ3n) is 3.92. The Bertz CT molecular complexity index is 1090. The van der Waals surface area contributed by atoms with Crippen molar-refractivity contribution in [3.63, 3.8) is 0 Å². The average molecular weight is 354 g/mol. The van der Waals surface area contributed by atoms with E-state index in [0.717, 1.165) is 27.7 Å². The third-order valence-corrected chi connectivity index (χ3v) is 3.92. The van der Waals surface area contributed by atoms with Gasteiger partial charge in [0.1, 0.15) is 5.82 Å². The normalized spacial score (nSPS) is 10.6. The summed E-state index contributed by atoms with van der Waals surface area (Å²) in [6, 6.07) is 14.8. The van der Waals surface area contributed by atoms with Crippen LogP contribution in [0.3, 0.4) is 0 Å². The van der Waals surface area contributed by atoms with Gasteiger partial charge in [0.25, 0.3) is 5.56 Å². The Morgan fingerprint density at radius 1 is 1.08 bits per heavy atom. The van der Waals surface area contributed by atoms with Crippen molar-refractivity contribution in [3.05, 3.63) is 77.0 Å². The number of halogens is 1. The van der Waals surface area contributed by atoms with Crippen molar-refractivity contribution in [1.29, 1.82) is 0 Å². The summed E-state index contributed by atoms with van der Waals surface area (Å²) in [6.07, 6.45) is 3.62. The number of nitrogens with two attached hydrogens (primary N) is 1. The van der Waals surface area contributed by atoms with Crippen molar-refractivity contribution >= 4 is 29.1 Å². The number of benzene rings is 1. The van der Waals surface area contributed by atoms with E-state index >= 15 is 0 Å². The monoisotopic (exact) mass is 353 g/mol. The Kier molecular flexibility index (Phi) is 4.54. The molecule has 3 heterocycles. The van der Waals surface area contributed by atoms with Crippen molar-refractivity contribution in [1.82, 2.24) is 19.7 Å². The minimum absolute atomic E-state index is 0. The van der Waals surface area contributed by atoms with Gasteiger partial charge in [-0.2, -0.15) is 5.10 Å². The molecule has 0 aliphatic heterocycles. The third kappa shape index (κ3) is 3.39. The van der Waals surface area contributed by atoms with Crippen LogP contribution in [0.2, 0.25) is 0 Å². The highest BCUT2D eigenvalue weighted by molar-refractivity contribution is 5.85. The van der Waals surface area contributed by atoms with Gasteiger partial charge in [0.05, 0.1) is 24.0 Å². The van der Waals surface area contributed by atoms with Gasteiger partial charge in [-0.3, -0.25) is 9.89 Å². The van der Waals surface area contributed by atoms with Crippen LogP contribution in [0.25, 0.3) is 22.0 Å². The van der Waals surface area contributed by atoms with Crippen LogP contribution in [0.4, 0.5) is 5.82 Å². The van der Waals surface area contributed by atoms with E-state index in [0.29, 0.717) is 12.4 Å². The van der Waals surface area contributed by atoms with Gasteiger partial charge in [-0.25, -0.2) is 4.98 Å². The molecule has 0 bridgehead atoms. The minimum atomic E-state index is -0.0782. The lowest BCUT2D eigenvalue weighted by Gasteiger charge is -2.09. The van der Waals surface area contributed by atoms with E-state index in [4.69, 9.17) is 5.73 Å². The Morgan fingerprint density at radius 2 is 1.92 bits per heavy atom. The lowest BCUT2D eigenvalue weighted by molar-refractivity contribution is 0.742. The number of aromatic nitrogens is 4. The molecule has 3 N–H and O–H groups in total. The lowest BCUT2D eigenvalue weighted by atomic mass is 10.1. The number of nitrogens with one attached hydrogen (secondary N) is 1. The summed E-state index contributed by atoms with van der Waals surface area (Å²) in [5.74, 6) is 0.446. The van der Waals surface area contributed by atoms with Crippen molar-refractivity contribution in [2.45, 2.75) is 6.54 Å². The maximum atomic E-state index is 12.2. The van der Waals surface area contributed by atoms with Crippen LogP contribution in [0.5, 0.6) is 0 Å². The first-order valence-corrected chi connectivity index (χ1v) is 7.54. The second kappa shape index (κ2) is 6.78. The summed E-state index contributed by atoms with van der Waals surface area (Å²) in [5.41, 5.74) is 9.31. The first-order chi connectivity index (χ1) is 11.7. The van der Waals surface area contributed by atoms with Gasteiger partial charge < -0.3 is 10.3 Å². The van der Waals surface area contributed by atoms with Gasteiger partial charge in [-0.1, -0.05) is 18.2 Å². The number of nitrogens with zero attached hydrogens (tertiary/aromatic N) is 3. The molecule has 0 unspecified atom stereocenters. The molecule has 4 aromatic rings. The molecule has 25 heavy (non-hydrogen) atoms. The van der Waals surface area contributed by atoms with E-state index in [9.17, 15) is 4.79 Å². The SMILES string of the molecule is Cl.Nc1cccc(Cn2cc(-c3ccc4cn[nH]c4c3)ccc2=O)n1. The van der Waals surface area contributed by atoms with Crippen molar-refractivity contribution < 1.29 is 0 Å². The molecular weight excluding hydrogens is 338 g/mol. The van der Waals surface area contributed by atoms with Crippen molar-refractivity contribution in [2.75, 3.05) is 5.73 Å². The molecule has 7 heteroatoms. The molecule has 3 aromatic heterocycles. The van der Waals surface area contributed by atoms with E-state index in [-0.39, 0.29) is 18.0 Å². The summed E-state index contributed by atoms with van der Waals surface area (Å²) in [7, 11) is 0. The molecule has 0 amide bonds.